The number of carbonyl (C=O) groups excluding carboxylic acids is 1. The lowest BCUT2D eigenvalue weighted by Gasteiger charge is -2.17. The summed E-state index contributed by atoms with van der Waals surface area (Å²) < 4.78 is 0. The minimum Gasteiger partial charge on any atom is -0.480 e. The van der Waals surface area contributed by atoms with Crippen molar-refractivity contribution in [2.24, 2.45) is 0 Å². The predicted octanol–water partition coefficient (Wildman–Crippen LogP) is 2.34. The average molecular weight is 267 g/mol. The number of aliphatic carboxylic acids is 1. The van der Waals surface area contributed by atoms with Gasteiger partial charge in [-0.3, -0.25) is 9.59 Å². The van der Waals surface area contributed by atoms with E-state index in [-0.39, 0.29) is 12.5 Å². The Morgan fingerprint density at radius 1 is 1.33 bits per heavy atom. The number of carboxylic acid groups (broad SMARTS) is 1. The van der Waals surface area contributed by atoms with Crippen LogP contribution in [0.5, 0.6) is 0 Å². The minimum absolute atomic E-state index is 0.263. The topological polar surface area (TPSA) is 57.6 Å². The second kappa shape index (κ2) is 6.44. The fourth-order valence-corrected chi connectivity index (χ4v) is 2.43. The third kappa shape index (κ3) is 4.07. The van der Waals surface area contributed by atoms with E-state index >= 15 is 0 Å². The van der Waals surface area contributed by atoms with Gasteiger partial charge in [0.1, 0.15) is 6.54 Å². The van der Waals surface area contributed by atoms with Crippen LogP contribution in [0.4, 0.5) is 0 Å². The molecule has 1 amide bonds. The zero-order valence-electron chi connectivity index (χ0n) is 10.7. The molecule has 0 atom stereocenters. The van der Waals surface area contributed by atoms with Crippen molar-refractivity contribution < 1.29 is 14.7 Å². The first kappa shape index (κ1) is 14.6. The number of rotatable bonds is 5. The molecule has 18 heavy (non-hydrogen) atoms. The van der Waals surface area contributed by atoms with Crippen molar-refractivity contribution in [2.45, 2.75) is 24.0 Å². The number of hydrogen-bond acceptors (Lipinski definition) is 3. The first-order valence-corrected chi connectivity index (χ1v) is 6.52. The van der Waals surface area contributed by atoms with Crippen LogP contribution in [0, 0.1) is 0 Å². The molecule has 0 aliphatic heterocycles. The minimum atomic E-state index is -1.01. The van der Waals surface area contributed by atoms with Gasteiger partial charge < -0.3 is 10.0 Å². The second-order valence-electron chi connectivity index (χ2n) is 4.22. The van der Waals surface area contributed by atoms with Crippen LogP contribution < -0.4 is 0 Å². The van der Waals surface area contributed by atoms with Crippen LogP contribution in [0.15, 0.2) is 29.2 Å². The van der Waals surface area contributed by atoms with Crippen molar-refractivity contribution in [1.82, 2.24) is 4.90 Å². The van der Waals surface area contributed by atoms with Gasteiger partial charge in [0, 0.05) is 17.2 Å². The number of hydrogen-bond donors (Lipinski definition) is 1. The molecule has 0 bridgehead atoms. The normalized spacial score (nSPS) is 10.4. The average Bonchev–Trinajstić information content (AvgIpc) is 2.27. The smallest absolute Gasteiger partial charge is 0.323 e. The Balaban J connectivity index is 2.94. The van der Waals surface area contributed by atoms with Crippen molar-refractivity contribution in [2.75, 3.05) is 13.6 Å². The van der Waals surface area contributed by atoms with Crippen LogP contribution in [0.25, 0.3) is 0 Å². The SMILES string of the molecule is CC(C)Sc1ccccc1C(=O)N(C)CC(=O)O. The summed E-state index contributed by atoms with van der Waals surface area (Å²) in [6.45, 7) is 3.80. The van der Waals surface area contributed by atoms with Crippen molar-refractivity contribution in [1.29, 1.82) is 0 Å². The molecule has 0 radical (unpaired) electrons. The van der Waals surface area contributed by atoms with Gasteiger partial charge >= 0.3 is 5.97 Å². The first-order chi connectivity index (χ1) is 8.41. The van der Waals surface area contributed by atoms with Crippen molar-refractivity contribution >= 4 is 23.6 Å². The molecule has 0 unspecified atom stereocenters. The van der Waals surface area contributed by atoms with Gasteiger partial charge in [-0.05, 0) is 12.1 Å². The zero-order valence-corrected chi connectivity index (χ0v) is 11.5. The summed E-state index contributed by atoms with van der Waals surface area (Å²) in [4.78, 5) is 24.8. The van der Waals surface area contributed by atoms with Gasteiger partial charge in [0.05, 0.1) is 5.56 Å². The van der Waals surface area contributed by atoms with Gasteiger partial charge in [0.25, 0.3) is 5.91 Å². The maximum Gasteiger partial charge on any atom is 0.323 e. The molecular weight excluding hydrogens is 250 g/mol. The highest BCUT2D eigenvalue weighted by atomic mass is 32.2. The van der Waals surface area contributed by atoms with Crippen LogP contribution in [0.2, 0.25) is 0 Å². The Labute approximate surface area is 111 Å². The highest BCUT2D eigenvalue weighted by Crippen LogP contribution is 2.27. The van der Waals surface area contributed by atoms with E-state index < -0.39 is 5.97 Å². The van der Waals surface area contributed by atoms with Crippen LogP contribution in [-0.2, 0) is 4.79 Å². The summed E-state index contributed by atoms with van der Waals surface area (Å²) in [5.74, 6) is -1.28. The van der Waals surface area contributed by atoms with Crippen LogP contribution in [0.3, 0.4) is 0 Å². The van der Waals surface area contributed by atoms with Gasteiger partial charge in [-0.2, -0.15) is 0 Å². The maximum absolute atomic E-state index is 12.1. The Kier molecular flexibility index (Phi) is 5.22. The van der Waals surface area contributed by atoms with Crippen molar-refractivity contribution in [3.05, 3.63) is 29.8 Å². The van der Waals surface area contributed by atoms with E-state index in [0.29, 0.717) is 10.8 Å². The third-order valence-electron chi connectivity index (χ3n) is 2.20. The molecule has 4 nitrogen and oxygen atoms in total. The fraction of sp³-hybridized carbons (Fsp3) is 0.385. The monoisotopic (exact) mass is 267 g/mol. The highest BCUT2D eigenvalue weighted by Gasteiger charge is 2.17. The molecule has 1 aromatic carbocycles. The molecule has 0 saturated heterocycles. The molecule has 0 aromatic heterocycles. The van der Waals surface area contributed by atoms with Crippen molar-refractivity contribution in [3.63, 3.8) is 0 Å². The van der Waals surface area contributed by atoms with Crippen LogP contribution in [0.1, 0.15) is 24.2 Å². The van der Waals surface area contributed by atoms with E-state index in [1.165, 1.54) is 11.9 Å². The number of carbonyl (C=O) groups is 2. The Bertz CT molecular complexity index is 446. The number of carboxylic acids is 1. The molecule has 1 N–H and O–H groups in total. The van der Waals surface area contributed by atoms with Gasteiger partial charge in [-0.25, -0.2) is 0 Å². The summed E-state index contributed by atoms with van der Waals surface area (Å²) in [6.07, 6.45) is 0. The summed E-state index contributed by atoms with van der Waals surface area (Å²) in [6, 6.07) is 7.27. The number of thioether (sulfide) groups is 1. The quantitative estimate of drug-likeness (QED) is 0.832. The van der Waals surface area contributed by atoms with E-state index in [9.17, 15) is 9.59 Å². The van der Waals surface area contributed by atoms with Gasteiger partial charge in [-0.1, -0.05) is 26.0 Å². The summed E-state index contributed by atoms with van der Waals surface area (Å²) in [5, 5.41) is 9.06. The van der Waals surface area contributed by atoms with E-state index in [0.717, 1.165) is 4.90 Å². The Hall–Kier alpha value is -1.49. The lowest BCUT2D eigenvalue weighted by Crippen LogP contribution is -2.32. The molecule has 0 aliphatic carbocycles. The third-order valence-corrected chi connectivity index (χ3v) is 3.28. The van der Waals surface area contributed by atoms with Gasteiger partial charge in [0.2, 0.25) is 0 Å². The molecular formula is C13H17NO3S. The largest absolute Gasteiger partial charge is 0.480 e. The second-order valence-corrected chi connectivity index (χ2v) is 5.84. The summed E-state index contributed by atoms with van der Waals surface area (Å²) >= 11 is 1.59. The van der Waals surface area contributed by atoms with E-state index in [1.807, 2.05) is 26.0 Å². The highest BCUT2D eigenvalue weighted by molar-refractivity contribution is 8.00. The summed E-state index contributed by atoms with van der Waals surface area (Å²) in [5.41, 5.74) is 0.556. The zero-order chi connectivity index (χ0) is 13.7. The number of likely N-dealkylation sites (N-methyl/N-ethyl adjacent to an activating group) is 1. The molecule has 0 saturated carbocycles. The maximum atomic E-state index is 12.1. The summed E-state index contributed by atoms with van der Waals surface area (Å²) in [7, 11) is 1.49. The van der Waals surface area contributed by atoms with Crippen molar-refractivity contribution in [3.8, 4) is 0 Å². The van der Waals surface area contributed by atoms with E-state index in [4.69, 9.17) is 5.11 Å². The molecule has 0 heterocycles. The first-order valence-electron chi connectivity index (χ1n) is 5.64. The van der Waals surface area contributed by atoms with Gasteiger partial charge in [-0.15, -0.1) is 11.8 Å². The molecule has 0 spiro atoms. The fourth-order valence-electron chi connectivity index (χ4n) is 1.48. The standard InChI is InChI=1S/C13H17NO3S/c1-9(2)18-11-7-5-4-6-10(11)13(17)14(3)8-12(15)16/h4-7,9H,8H2,1-3H3,(H,15,16). The lowest BCUT2D eigenvalue weighted by molar-refractivity contribution is -0.137. The Morgan fingerprint density at radius 3 is 2.50 bits per heavy atom. The van der Waals surface area contributed by atoms with E-state index in [1.54, 1.807) is 23.9 Å². The van der Waals surface area contributed by atoms with Gasteiger partial charge in [0.15, 0.2) is 0 Å². The molecule has 98 valence electrons. The van der Waals surface area contributed by atoms with Crippen LogP contribution in [-0.4, -0.2) is 40.7 Å². The molecule has 1 rings (SSSR count). The number of benzene rings is 1. The molecule has 5 heteroatoms. The Morgan fingerprint density at radius 2 is 1.94 bits per heavy atom. The molecule has 1 aromatic rings. The lowest BCUT2D eigenvalue weighted by atomic mass is 10.2. The number of nitrogens with zero attached hydrogens (tertiary/aromatic N) is 1. The van der Waals surface area contributed by atoms with E-state index in [2.05, 4.69) is 0 Å². The number of amides is 1. The predicted molar refractivity (Wildman–Crippen MR) is 72.0 cm³/mol. The molecule has 0 fully saturated rings. The van der Waals surface area contributed by atoms with Crippen LogP contribution >= 0.6 is 11.8 Å². The molecule has 0 aliphatic rings.